The third-order valence-electron chi connectivity index (χ3n) is 3.80. The highest BCUT2D eigenvalue weighted by molar-refractivity contribution is 6.33. The zero-order chi connectivity index (χ0) is 19.1. The Morgan fingerprint density at radius 3 is 2.31 bits per heavy atom. The number of hydrogen-bond donors (Lipinski definition) is 0. The van der Waals surface area contributed by atoms with Crippen LogP contribution in [0.25, 0.3) is 22.1 Å². The lowest BCUT2D eigenvalue weighted by molar-refractivity contribution is -0.152. The molecule has 0 saturated heterocycles. The molecule has 26 heavy (non-hydrogen) atoms. The minimum atomic E-state index is -4.92. The lowest BCUT2D eigenvalue weighted by atomic mass is 10.0. The smallest absolute Gasteiger partial charge is 0.450 e. The molecule has 3 rings (SSSR count). The molecule has 0 aliphatic rings. The molecule has 2 aromatic carbocycles. The van der Waals surface area contributed by atoms with Crippen LogP contribution in [0, 0.1) is 0 Å². The van der Waals surface area contributed by atoms with Crippen molar-refractivity contribution in [3.8, 4) is 22.6 Å². The van der Waals surface area contributed by atoms with E-state index >= 15 is 0 Å². The number of rotatable bonds is 3. The first-order valence-electron chi connectivity index (χ1n) is 7.33. The fourth-order valence-electron chi connectivity index (χ4n) is 2.68. The average molecular weight is 385 g/mol. The van der Waals surface area contributed by atoms with Gasteiger partial charge in [0.15, 0.2) is 11.3 Å². The highest BCUT2D eigenvalue weighted by atomic mass is 35.5. The van der Waals surface area contributed by atoms with Gasteiger partial charge < -0.3 is 13.9 Å². The van der Waals surface area contributed by atoms with Crippen LogP contribution in [-0.2, 0) is 6.18 Å². The van der Waals surface area contributed by atoms with Gasteiger partial charge in [-0.1, -0.05) is 29.8 Å². The molecular weight excluding hydrogens is 373 g/mol. The maximum absolute atomic E-state index is 13.6. The van der Waals surface area contributed by atoms with Crippen molar-refractivity contribution in [2.75, 3.05) is 14.2 Å². The predicted molar refractivity (Wildman–Crippen MR) is 91.0 cm³/mol. The van der Waals surface area contributed by atoms with Gasteiger partial charge in [-0.15, -0.1) is 0 Å². The van der Waals surface area contributed by atoms with Crippen molar-refractivity contribution in [3.63, 3.8) is 0 Å². The van der Waals surface area contributed by atoms with E-state index in [0.717, 1.165) is 0 Å². The van der Waals surface area contributed by atoms with Crippen LogP contribution >= 0.6 is 11.6 Å². The van der Waals surface area contributed by atoms with Gasteiger partial charge in [-0.3, -0.25) is 4.79 Å². The van der Waals surface area contributed by atoms with Gasteiger partial charge in [0.2, 0.25) is 16.9 Å². The maximum atomic E-state index is 13.6. The molecule has 136 valence electrons. The SMILES string of the molecule is COc1ccc2c(=O)c(-c3ccccc3Cl)c(C(F)(F)F)oc2c1OC. The molecule has 0 aliphatic heterocycles. The lowest BCUT2D eigenvalue weighted by Crippen LogP contribution is -2.16. The molecule has 3 aromatic rings. The number of benzene rings is 2. The summed E-state index contributed by atoms with van der Waals surface area (Å²) in [4.78, 5) is 12.9. The van der Waals surface area contributed by atoms with Crippen molar-refractivity contribution in [2.45, 2.75) is 6.18 Å². The Balaban J connectivity index is 2.52. The normalized spacial score (nSPS) is 11.6. The summed E-state index contributed by atoms with van der Waals surface area (Å²) >= 11 is 6.02. The van der Waals surface area contributed by atoms with Crippen LogP contribution in [-0.4, -0.2) is 14.2 Å². The van der Waals surface area contributed by atoms with E-state index in [0.29, 0.717) is 0 Å². The third kappa shape index (κ3) is 2.88. The van der Waals surface area contributed by atoms with Crippen molar-refractivity contribution < 1.29 is 27.1 Å². The number of hydrogen-bond acceptors (Lipinski definition) is 4. The van der Waals surface area contributed by atoms with Crippen LogP contribution in [0.3, 0.4) is 0 Å². The highest BCUT2D eigenvalue weighted by Gasteiger charge is 2.40. The summed E-state index contributed by atoms with van der Waals surface area (Å²) < 4.78 is 56.2. The first-order valence-corrected chi connectivity index (χ1v) is 7.71. The van der Waals surface area contributed by atoms with E-state index in [2.05, 4.69) is 0 Å². The van der Waals surface area contributed by atoms with Crippen LogP contribution in [0.2, 0.25) is 5.02 Å². The number of halogens is 4. The maximum Gasteiger partial charge on any atom is 0.450 e. The molecule has 0 unspecified atom stereocenters. The second-order valence-corrected chi connectivity index (χ2v) is 5.70. The first kappa shape index (κ1) is 18.1. The molecule has 0 aliphatic carbocycles. The molecule has 0 fully saturated rings. The first-order chi connectivity index (χ1) is 12.3. The Kier molecular flexibility index (Phi) is 4.58. The van der Waals surface area contributed by atoms with Crippen molar-refractivity contribution in [2.24, 2.45) is 0 Å². The fraction of sp³-hybridized carbons (Fsp3) is 0.167. The molecule has 0 saturated carbocycles. The van der Waals surface area contributed by atoms with Gasteiger partial charge in [0.25, 0.3) is 0 Å². The van der Waals surface area contributed by atoms with Gasteiger partial charge in [-0.2, -0.15) is 13.2 Å². The summed E-state index contributed by atoms with van der Waals surface area (Å²) in [6.45, 7) is 0. The quantitative estimate of drug-likeness (QED) is 0.626. The van der Waals surface area contributed by atoms with E-state index in [4.69, 9.17) is 25.5 Å². The molecule has 8 heteroatoms. The van der Waals surface area contributed by atoms with E-state index in [1.165, 1.54) is 44.6 Å². The number of alkyl halides is 3. The van der Waals surface area contributed by atoms with Gasteiger partial charge in [-0.05, 0) is 18.2 Å². The van der Waals surface area contributed by atoms with Gasteiger partial charge in [0, 0.05) is 10.6 Å². The van der Waals surface area contributed by atoms with Gasteiger partial charge in [-0.25, -0.2) is 0 Å². The molecule has 0 atom stereocenters. The Morgan fingerprint density at radius 2 is 1.73 bits per heavy atom. The van der Waals surface area contributed by atoms with Crippen molar-refractivity contribution in [1.82, 2.24) is 0 Å². The Labute approximate surface area is 150 Å². The summed E-state index contributed by atoms with van der Waals surface area (Å²) in [5, 5.41) is -0.0734. The topological polar surface area (TPSA) is 48.7 Å². The van der Waals surface area contributed by atoms with Crippen LogP contribution in [0.1, 0.15) is 5.76 Å². The fourth-order valence-corrected chi connectivity index (χ4v) is 2.91. The van der Waals surface area contributed by atoms with Crippen molar-refractivity contribution in [1.29, 1.82) is 0 Å². The van der Waals surface area contributed by atoms with Gasteiger partial charge in [0.1, 0.15) is 0 Å². The second-order valence-electron chi connectivity index (χ2n) is 5.29. The number of methoxy groups -OCH3 is 2. The summed E-state index contributed by atoms with van der Waals surface area (Å²) in [7, 11) is 2.57. The monoisotopic (exact) mass is 384 g/mol. The third-order valence-corrected chi connectivity index (χ3v) is 4.13. The molecule has 0 amide bonds. The lowest BCUT2D eigenvalue weighted by Gasteiger charge is -2.15. The predicted octanol–water partition coefficient (Wildman–Crippen LogP) is 5.15. The zero-order valence-corrected chi connectivity index (χ0v) is 14.4. The summed E-state index contributed by atoms with van der Waals surface area (Å²) in [6, 6.07) is 8.51. The molecule has 0 bridgehead atoms. The van der Waals surface area contributed by atoms with E-state index < -0.39 is 22.9 Å². The van der Waals surface area contributed by atoms with Crippen LogP contribution < -0.4 is 14.9 Å². The standard InChI is InChI=1S/C18H12ClF3O4/c1-24-12-8-7-10-14(23)13(9-5-3-4-6-11(9)19)17(18(20,21)22)26-15(10)16(12)25-2/h3-8H,1-2H3. The molecule has 0 radical (unpaired) electrons. The van der Waals surface area contributed by atoms with Crippen molar-refractivity contribution in [3.05, 3.63) is 57.4 Å². The largest absolute Gasteiger partial charge is 0.493 e. The zero-order valence-electron chi connectivity index (χ0n) is 13.6. The minimum Gasteiger partial charge on any atom is -0.493 e. The van der Waals surface area contributed by atoms with E-state index in [9.17, 15) is 18.0 Å². The van der Waals surface area contributed by atoms with Crippen LogP contribution in [0.4, 0.5) is 13.2 Å². The van der Waals surface area contributed by atoms with Crippen LogP contribution in [0.15, 0.2) is 45.6 Å². The van der Waals surface area contributed by atoms with Crippen LogP contribution in [0.5, 0.6) is 11.5 Å². The summed E-state index contributed by atoms with van der Waals surface area (Å²) in [6.07, 6.45) is -4.92. The van der Waals surface area contributed by atoms with E-state index in [-0.39, 0.29) is 33.1 Å². The average Bonchev–Trinajstić information content (AvgIpc) is 2.60. The number of ether oxygens (including phenoxy) is 2. The molecular formula is C18H12ClF3O4. The molecule has 0 spiro atoms. The van der Waals surface area contributed by atoms with Gasteiger partial charge >= 0.3 is 6.18 Å². The Morgan fingerprint density at radius 1 is 1.04 bits per heavy atom. The molecule has 4 nitrogen and oxygen atoms in total. The Bertz CT molecular complexity index is 1040. The molecule has 1 heterocycles. The second kappa shape index (κ2) is 6.57. The Hall–Kier alpha value is -2.67. The molecule has 1 aromatic heterocycles. The van der Waals surface area contributed by atoms with Crippen molar-refractivity contribution >= 4 is 22.6 Å². The van der Waals surface area contributed by atoms with Gasteiger partial charge in [0.05, 0.1) is 25.2 Å². The summed E-state index contributed by atoms with van der Waals surface area (Å²) in [5.41, 5.74) is -1.93. The van der Waals surface area contributed by atoms with E-state index in [1.807, 2.05) is 0 Å². The minimum absolute atomic E-state index is 0.00475. The highest BCUT2D eigenvalue weighted by Crippen LogP contribution is 2.42. The molecule has 0 N–H and O–H groups in total. The van der Waals surface area contributed by atoms with E-state index in [1.54, 1.807) is 6.07 Å². The number of fused-ring (bicyclic) bond motifs is 1. The summed E-state index contributed by atoms with van der Waals surface area (Å²) in [5.74, 6) is -1.41.